The second kappa shape index (κ2) is 7.19. The number of alkyl halides is 1. The van der Waals surface area contributed by atoms with Crippen LogP contribution >= 0.6 is 11.6 Å². The molecule has 0 aromatic heterocycles. The van der Waals surface area contributed by atoms with E-state index in [1.165, 1.54) is 36.8 Å². The van der Waals surface area contributed by atoms with Crippen LogP contribution in [0.2, 0.25) is 0 Å². The van der Waals surface area contributed by atoms with E-state index in [1.54, 1.807) is 0 Å². The number of hydrogen-bond donors (Lipinski definition) is 0. The summed E-state index contributed by atoms with van der Waals surface area (Å²) in [6.45, 7) is 5.34. The van der Waals surface area contributed by atoms with Crippen molar-refractivity contribution >= 4 is 11.6 Å². The maximum Gasteiger partial charge on any atom is 0.122 e. The van der Waals surface area contributed by atoms with Gasteiger partial charge in [0.25, 0.3) is 0 Å². The predicted octanol–water partition coefficient (Wildman–Crippen LogP) is 5.51. The Morgan fingerprint density at radius 1 is 1.21 bits per heavy atom. The van der Waals surface area contributed by atoms with Crippen LogP contribution in [0.5, 0.6) is 5.75 Å². The van der Waals surface area contributed by atoms with Gasteiger partial charge in [0.2, 0.25) is 0 Å². The maximum atomic E-state index is 6.73. The lowest BCUT2D eigenvalue weighted by Crippen LogP contribution is -2.11. The van der Waals surface area contributed by atoms with Crippen LogP contribution < -0.4 is 4.74 Å². The minimum atomic E-state index is 0.145. The lowest BCUT2D eigenvalue weighted by Gasteiger charge is -2.24. The van der Waals surface area contributed by atoms with E-state index in [2.05, 4.69) is 32.0 Å². The zero-order valence-electron chi connectivity index (χ0n) is 12.1. The first-order valence-corrected chi connectivity index (χ1v) is 8.09. The summed E-state index contributed by atoms with van der Waals surface area (Å²) >= 11 is 6.73. The van der Waals surface area contributed by atoms with Crippen LogP contribution in [0.25, 0.3) is 0 Å². The zero-order valence-corrected chi connectivity index (χ0v) is 12.9. The lowest BCUT2D eigenvalue weighted by molar-refractivity contribution is 0.288. The van der Waals surface area contributed by atoms with E-state index >= 15 is 0 Å². The van der Waals surface area contributed by atoms with Gasteiger partial charge in [-0.25, -0.2) is 0 Å². The van der Waals surface area contributed by atoms with Crippen molar-refractivity contribution in [2.45, 2.75) is 57.7 Å². The highest BCUT2D eigenvalue weighted by atomic mass is 35.5. The van der Waals surface area contributed by atoms with Gasteiger partial charge in [-0.15, -0.1) is 11.6 Å². The van der Waals surface area contributed by atoms with Gasteiger partial charge in [0, 0.05) is 0 Å². The largest absolute Gasteiger partial charge is 0.493 e. The predicted molar refractivity (Wildman–Crippen MR) is 82.2 cm³/mol. The number of rotatable bonds is 6. The molecule has 0 aliphatic carbocycles. The second-order valence-corrected chi connectivity index (χ2v) is 6.03. The first-order chi connectivity index (χ1) is 9.26. The second-order valence-electron chi connectivity index (χ2n) is 5.56. The minimum absolute atomic E-state index is 0.145. The topological polar surface area (TPSA) is 9.23 Å². The number of halogens is 1. The van der Waals surface area contributed by atoms with E-state index in [9.17, 15) is 0 Å². The van der Waals surface area contributed by atoms with Crippen molar-refractivity contribution in [1.29, 1.82) is 0 Å². The van der Waals surface area contributed by atoms with Gasteiger partial charge in [-0.3, -0.25) is 0 Å². The molecule has 0 spiro atoms. The third-order valence-electron chi connectivity index (χ3n) is 3.98. The highest BCUT2D eigenvalue weighted by Crippen LogP contribution is 2.37. The monoisotopic (exact) mass is 280 g/mol. The molecule has 19 heavy (non-hydrogen) atoms. The molecule has 106 valence electrons. The number of fused-ring (bicyclic) bond motifs is 1. The standard InChI is InChI=1S/C17H25ClO/c1-3-6-13(7-4-2)17(18)15-9-10-16-14(12-15)8-5-11-19-16/h9-10,12-13,17H,3-8,11H2,1-2H3. The summed E-state index contributed by atoms with van der Waals surface area (Å²) in [6, 6.07) is 6.53. The van der Waals surface area contributed by atoms with Crippen molar-refractivity contribution < 1.29 is 4.74 Å². The van der Waals surface area contributed by atoms with Crippen LogP contribution in [-0.4, -0.2) is 6.61 Å². The van der Waals surface area contributed by atoms with Crippen LogP contribution in [0.1, 0.15) is 62.5 Å². The molecule has 0 saturated heterocycles. The highest BCUT2D eigenvalue weighted by molar-refractivity contribution is 6.21. The fourth-order valence-electron chi connectivity index (χ4n) is 3.00. The van der Waals surface area contributed by atoms with Crippen molar-refractivity contribution in [3.8, 4) is 5.75 Å². The van der Waals surface area contributed by atoms with Gasteiger partial charge in [0.05, 0.1) is 12.0 Å². The Labute approximate surface area is 122 Å². The quantitative estimate of drug-likeness (QED) is 0.625. The molecule has 0 radical (unpaired) electrons. The average Bonchev–Trinajstić information content (AvgIpc) is 2.46. The van der Waals surface area contributed by atoms with E-state index in [0.717, 1.165) is 25.2 Å². The SMILES string of the molecule is CCCC(CCC)C(Cl)c1ccc2c(c1)CCCO2. The summed E-state index contributed by atoms with van der Waals surface area (Å²) in [5.41, 5.74) is 2.61. The Morgan fingerprint density at radius 2 is 1.95 bits per heavy atom. The third-order valence-corrected chi connectivity index (χ3v) is 4.59. The Hall–Kier alpha value is -0.690. The molecule has 0 amide bonds. The van der Waals surface area contributed by atoms with Crippen LogP contribution in [-0.2, 0) is 6.42 Å². The number of benzene rings is 1. The Balaban J connectivity index is 2.15. The van der Waals surface area contributed by atoms with E-state index in [4.69, 9.17) is 16.3 Å². The summed E-state index contributed by atoms with van der Waals surface area (Å²) in [6.07, 6.45) is 7.10. The molecule has 0 bridgehead atoms. The van der Waals surface area contributed by atoms with Crippen molar-refractivity contribution in [3.63, 3.8) is 0 Å². The maximum absolute atomic E-state index is 6.73. The van der Waals surface area contributed by atoms with E-state index in [-0.39, 0.29) is 5.38 Å². The molecule has 1 aromatic carbocycles. The van der Waals surface area contributed by atoms with Gasteiger partial charge < -0.3 is 4.74 Å². The summed E-state index contributed by atoms with van der Waals surface area (Å²) in [4.78, 5) is 0. The molecule has 0 saturated carbocycles. The molecule has 0 fully saturated rings. The van der Waals surface area contributed by atoms with Crippen molar-refractivity contribution in [2.24, 2.45) is 5.92 Å². The Kier molecular flexibility index (Phi) is 5.57. The molecule has 2 heteroatoms. The Bertz CT molecular complexity index is 396. The fraction of sp³-hybridized carbons (Fsp3) is 0.647. The van der Waals surface area contributed by atoms with Gasteiger partial charge in [-0.05, 0) is 48.8 Å². The molecule has 1 nitrogen and oxygen atoms in total. The molecule has 1 heterocycles. The van der Waals surface area contributed by atoms with Gasteiger partial charge in [-0.1, -0.05) is 38.8 Å². The van der Waals surface area contributed by atoms with Crippen molar-refractivity contribution in [1.82, 2.24) is 0 Å². The number of hydrogen-bond acceptors (Lipinski definition) is 1. The molecule has 1 atom stereocenters. The summed E-state index contributed by atoms with van der Waals surface area (Å²) in [5.74, 6) is 1.65. The van der Waals surface area contributed by atoms with Gasteiger partial charge >= 0.3 is 0 Å². The lowest BCUT2D eigenvalue weighted by atomic mass is 9.89. The van der Waals surface area contributed by atoms with Gasteiger partial charge in [0.15, 0.2) is 0 Å². The first kappa shape index (κ1) is 14.7. The van der Waals surface area contributed by atoms with E-state index < -0.39 is 0 Å². The van der Waals surface area contributed by atoms with Crippen LogP contribution in [0, 0.1) is 5.92 Å². The zero-order chi connectivity index (χ0) is 13.7. The van der Waals surface area contributed by atoms with Crippen LogP contribution in [0.3, 0.4) is 0 Å². The third kappa shape index (κ3) is 3.66. The molecule has 1 aliphatic heterocycles. The van der Waals surface area contributed by atoms with Crippen LogP contribution in [0.4, 0.5) is 0 Å². The summed E-state index contributed by atoms with van der Waals surface area (Å²) in [5, 5.41) is 0.145. The van der Waals surface area contributed by atoms with Gasteiger partial charge in [-0.2, -0.15) is 0 Å². The molecule has 1 aromatic rings. The molecule has 2 rings (SSSR count). The summed E-state index contributed by atoms with van der Waals surface area (Å²) < 4.78 is 5.67. The number of ether oxygens (including phenoxy) is 1. The Morgan fingerprint density at radius 3 is 2.63 bits per heavy atom. The number of aryl methyl sites for hydroxylation is 1. The molecule has 1 unspecified atom stereocenters. The molecule has 0 N–H and O–H groups in total. The summed E-state index contributed by atoms with van der Waals surface area (Å²) in [7, 11) is 0. The van der Waals surface area contributed by atoms with E-state index in [1.807, 2.05) is 0 Å². The minimum Gasteiger partial charge on any atom is -0.493 e. The highest BCUT2D eigenvalue weighted by Gasteiger charge is 2.21. The molecule has 1 aliphatic rings. The average molecular weight is 281 g/mol. The normalized spacial score (nSPS) is 16.0. The smallest absolute Gasteiger partial charge is 0.122 e. The fourth-order valence-corrected chi connectivity index (χ4v) is 3.39. The molecular formula is C17H25ClO. The van der Waals surface area contributed by atoms with Crippen LogP contribution in [0.15, 0.2) is 18.2 Å². The van der Waals surface area contributed by atoms with Crippen molar-refractivity contribution in [2.75, 3.05) is 6.61 Å². The van der Waals surface area contributed by atoms with Gasteiger partial charge in [0.1, 0.15) is 5.75 Å². The molecular weight excluding hydrogens is 256 g/mol. The first-order valence-electron chi connectivity index (χ1n) is 7.66. The van der Waals surface area contributed by atoms with Crippen molar-refractivity contribution in [3.05, 3.63) is 29.3 Å². The van der Waals surface area contributed by atoms with E-state index in [0.29, 0.717) is 5.92 Å².